The molecule has 0 saturated carbocycles. The standard InChI is InChI=1S/C13H16N4O/c14-10-4-6-17(8-10)13(18)7-11-9-16-5-2-1-3-12(16)15-11/h1-3,5,9-10H,4,6-8,14H2/t10-/m1/s1. The molecule has 1 fully saturated rings. The highest BCUT2D eigenvalue weighted by Gasteiger charge is 2.23. The van der Waals surface area contributed by atoms with Crippen LogP contribution in [0.3, 0.4) is 0 Å². The second kappa shape index (κ2) is 4.42. The molecule has 0 aromatic carbocycles. The summed E-state index contributed by atoms with van der Waals surface area (Å²) in [5, 5.41) is 0. The van der Waals surface area contributed by atoms with E-state index in [1.165, 1.54) is 0 Å². The van der Waals surface area contributed by atoms with E-state index in [2.05, 4.69) is 4.98 Å². The van der Waals surface area contributed by atoms with E-state index in [1.54, 1.807) is 0 Å². The number of rotatable bonds is 2. The summed E-state index contributed by atoms with van der Waals surface area (Å²) in [6, 6.07) is 5.95. The van der Waals surface area contributed by atoms with Gasteiger partial charge in [0.25, 0.3) is 0 Å². The largest absolute Gasteiger partial charge is 0.341 e. The lowest BCUT2D eigenvalue weighted by Gasteiger charge is -2.14. The number of nitrogens with zero attached hydrogens (tertiary/aromatic N) is 3. The fourth-order valence-electron chi connectivity index (χ4n) is 2.35. The Labute approximate surface area is 105 Å². The molecule has 1 amide bonds. The molecule has 5 heteroatoms. The van der Waals surface area contributed by atoms with Gasteiger partial charge in [0.05, 0.1) is 12.1 Å². The highest BCUT2D eigenvalue weighted by Crippen LogP contribution is 2.11. The van der Waals surface area contributed by atoms with E-state index in [1.807, 2.05) is 39.9 Å². The van der Waals surface area contributed by atoms with Crippen molar-refractivity contribution in [2.45, 2.75) is 18.9 Å². The van der Waals surface area contributed by atoms with Crippen LogP contribution in [0.4, 0.5) is 0 Å². The van der Waals surface area contributed by atoms with Crippen molar-refractivity contribution in [3.63, 3.8) is 0 Å². The highest BCUT2D eigenvalue weighted by molar-refractivity contribution is 5.78. The molecule has 1 aliphatic rings. The van der Waals surface area contributed by atoms with Crippen LogP contribution < -0.4 is 5.73 Å². The predicted octanol–water partition coefficient (Wildman–Crippen LogP) is 0.436. The summed E-state index contributed by atoms with van der Waals surface area (Å²) in [6.07, 6.45) is 5.09. The Bertz CT molecular complexity index is 544. The summed E-state index contributed by atoms with van der Waals surface area (Å²) >= 11 is 0. The summed E-state index contributed by atoms with van der Waals surface area (Å²) in [5.74, 6) is 0.117. The third-order valence-corrected chi connectivity index (χ3v) is 3.32. The van der Waals surface area contributed by atoms with E-state index < -0.39 is 0 Å². The average molecular weight is 244 g/mol. The van der Waals surface area contributed by atoms with Crippen molar-refractivity contribution in [3.8, 4) is 0 Å². The van der Waals surface area contributed by atoms with E-state index in [4.69, 9.17) is 5.73 Å². The minimum Gasteiger partial charge on any atom is -0.341 e. The van der Waals surface area contributed by atoms with Gasteiger partial charge in [-0.05, 0) is 18.6 Å². The Hall–Kier alpha value is -1.88. The van der Waals surface area contributed by atoms with Crippen LogP contribution in [0.15, 0.2) is 30.6 Å². The molecule has 18 heavy (non-hydrogen) atoms. The van der Waals surface area contributed by atoms with Gasteiger partial charge in [0.2, 0.25) is 5.91 Å². The zero-order valence-corrected chi connectivity index (χ0v) is 10.1. The van der Waals surface area contributed by atoms with Crippen LogP contribution in [-0.4, -0.2) is 39.3 Å². The second-order valence-electron chi connectivity index (χ2n) is 4.76. The third kappa shape index (κ3) is 2.09. The second-order valence-corrected chi connectivity index (χ2v) is 4.76. The fraction of sp³-hybridized carbons (Fsp3) is 0.385. The molecular weight excluding hydrogens is 228 g/mol. The number of carbonyl (C=O) groups excluding carboxylic acids is 1. The summed E-state index contributed by atoms with van der Waals surface area (Å²) in [5.41, 5.74) is 7.49. The van der Waals surface area contributed by atoms with Gasteiger partial charge in [-0.15, -0.1) is 0 Å². The average Bonchev–Trinajstić information content (AvgIpc) is 2.94. The van der Waals surface area contributed by atoms with Gasteiger partial charge in [0.1, 0.15) is 5.65 Å². The van der Waals surface area contributed by atoms with Gasteiger partial charge in [-0.25, -0.2) is 4.98 Å². The molecule has 2 aromatic heterocycles. The first-order valence-corrected chi connectivity index (χ1v) is 6.18. The lowest BCUT2D eigenvalue weighted by Crippen LogP contribution is -2.32. The molecule has 0 unspecified atom stereocenters. The van der Waals surface area contributed by atoms with Crippen LogP contribution in [0.2, 0.25) is 0 Å². The van der Waals surface area contributed by atoms with E-state index >= 15 is 0 Å². The lowest BCUT2D eigenvalue weighted by molar-refractivity contribution is -0.129. The minimum absolute atomic E-state index is 0.117. The number of fused-ring (bicyclic) bond motifs is 1. The zero-order valence-electron chi connectivity index (χ0n) is 10.1. The Morgan fingerprint density at radius 1 is 1.50 bits per heavy atom. The number of nitrogens with two attached hydrogens (primary N) is 1. The number of amides is 1. The SMILES string of the molecule is N[C@@H]1CCN(C(=O)Cc2cn3ccccc3n2)C1. The van der Waals surface area contributed by atoms with Crippen LogP contribution >= 0.6 is 0 Å². The first-order chi connectivity index (χ1) is 8.72. The maximum Gasteiger partial charge on any atom is 0.228 e. The topological polar surface area (TPSA) is 63.6 Å². The van der Waals surface area contributed by atoms with E-state index in [9.17, 15) is 4.79 Å². The fourth-order valence-corrected chi connectivity index (χ4v) is 2.35. The summed E-state index contributed by atoms with van der Waals surface area (Å²) < 4.78 is 1.93. The number of hydrogen-bond acceptors (Lipinski definition) is 3. The van der Waals surface area contributed by atoms with Gasteiger partial charge in [-0.1, -0.05) is 6.07 Å². The van der Waals surface area contributed by atoms with Crippen molar-refractivity contribution >= 4 is 11.6 Å². The molecular formula is C13H16N4O. The number of likely N-dealkylation sites (tertiary alicyclic amines) is 1. The maximum atomic E-state index is 12.1. The van der Waals surface area contributed by atoms with Crippen LogP contribution in [0, 0.1) is 0 Å². The Balaban J connectivity index is 1.74. The molecule has 0 radical (unpaired) electrons. The van der Waals surface area contributed by atoms with E-state index in [-0.39, 0.29) is 11.9 Å². The lowest BCUT2D eigenvalue weighted by atomic mass is 10.3. The van der Waals surface area contributed by atoms with Gasteiger partial charge < -0.3 is 15.0 Å². The maximum absolute atomic E-state index is 12.1. The van der Waals surface area contributed by atoms with Gasteiger partial charge in [0, 0.05) is 31.5 Å². The quantitative estimate of drug-likeness (QED) is 0.833. The number of imidazole rings is 1. The van der Waals surface area contributed by atoms with Crippen molar-refractivity contribution < 1.29 is 4.79 Å². The molecule has 94 valence electrons. The van der Waals surface area contributed by atoms with Gasteiger partial charge in [-0.3, -0.25) is 4.79 Å². The normalized spacial score (nSPS) is 19.6. The molecule has 1 saturated heterocycles. The van der Waals surface area contributed by atoms with Crippen molar-refractivity contribution in [3.05, 3.63) is 36.3 Å². The number of hydrogen-bond donors (Lipinski definition) is 1. The highest BCUT2D eigenvalue weighted by atomic mass is 16.2. The first kappa shape index (κ1) is 11.2. The Morgan fingerprint density at radius 3 is 3.11 bits per heavy atom. The molecule has 5 nitrogen and oxygen atoms in total. The van der Waals surface area contributed by atoms with Gasteiger partial charge in [-0.2, -0.15) is 0 Å². The Morgan fingerprint density at radius 2 is 2.39 bits per heavy atom. The van der Waals surface area contributed by atoms with Crippen molar-refractivity contribution in [2.75, 3.05) is 13.1 Å². The summed E-state index contributed by atoms with van der Waals surface area (Å²) in [6.45, 7) is 1.44. The molecule has 0 bridgehead atoms. The van der Waals surface area contributed by atoms with Crippen molar-refractivity contribution in [2.24, 2.45) is 5.73 Å². The zero-order chi connectivity index (χ0) is 12.5. The number of aromatic nitrogens is 2. The summed E-state index contributed by atoms with van der Waals surface area (Å²) in [4.78, 5) is 18.3. The van der Waals surface area contributed by atoms with Gasteiger partial charge >= 0.3 is 0 Å². The molecule has 0 aliphatic carbocycles. The van der Waals surface area contributed by atoms with Crippen LogP contribution in [0.25, 0.3) is 5.65 Å². The van der Waals surface area contributed by atoms with Gasteiger partial charge in [0.15, 0.2) is 0 Å². The monoisotopic (exact) mass is 244 g/mol. The van der Waals surface area contributed by atoms with Crippen molar-refractivity contribution in [1.29, 1.82) is 0 Å². The Kier molecular flexibility index (Phi) is 2.76. The molecule has 2 N–H and O–H groups in total. The smallest absolute Gasteiger partial charge is 0.228 e. The first-order valence-electron chi connectivity index (χ1n) is 6.18. The molecule has 0 spiro atoms. The summed E-state index contributed by atoms with van der Waals surface area (Å²) in [7, 11) is 0. The third-order valence-electron chi connectivity index (χ3n) is 3.32. The molecule has 3 rings (SSSR count). The van der Waals surface area contributed by atoms with E-state index in [0.29, 0.717) is 13.0 Å². The van der Waals surface area contributed by atoms with Crippen molar-refractivity contribution in [1.82, 2.24) is 14.3 Å². The molecule has 1 atom stereocenters. The number of carbonyl (C=O) groups is 1. The molecule has 3 heterocycles. The molecule has 1 aliphatic heterocycles. The van der Waals surface area contributed by atoms with Crippen LogP contribution in [0.5, 0.6) is 0 Å². The predicted molar refractivity (Wildman–Crippen MR) is 68.1 cm³/mol. The van der Waals surface area contributed by atoms with Crippen LogP contribution in [0.1, 0.15) is 12.1 Å². The van der Waals surface area contributed by atoms with E-state index in [0.717, 1.165) is 24.3 Å². The van der Waals surface area contributed by atoms with Crippen LogP contribution in [-0.2, 0) is 11.2 Å². The molecule has 2 aromatic rings. The minimum atomic E-state index is 0.117. The number of pyridine rings is 1.